The van der Waals surface area contributed by atoms with Crippen LogP contribution in [0.4, 0.5) is 11.4 Å². The Balaban J connectivity index is 2.20. The minimum absolute atomic E-state index is 0.317. The number of rotatable bonds is 5. The molecular weight excluding hydrogens is 256 g/mol. The number of esters is 1. The van der Waals surface area contributed by atoms with Crippen molar-refractivity contribution in [2.45, 2.75) is 13.5 Å². The Labute approximate surface area is 117 Å². The standard InChI is InChI=1S/C14H16N4O2/c1-2-20-14(19)11-6-3-7-12(15)13(11)16-9-10-5-4-8-17-18-10/h3-8,16H,2,9,15H2,1H3. The van der Waals surface area contributed by atoms with E-state index in [0.29, 0.717) is 30.1 Å². The summed E-state index contributed by atoms with van der Waals surface area (Å²) in [6.07, 6.45) is 1.60. The molecule has 0 fully saturated rings. The molecular formula is C14H16N4O2. The van der Waals surface area contributed by atoms with E-state index in [1.54, 1.807) is 37.4 Å². The maximum absolute atomic E-state index is 11.9. The highest BCUT2D eigenvalue weighted by Crippen LogP contribution is 2.24. The third kappa shape index (κ3) is 3.23. The minimum atomic E-state index is -0.401. The summed E-state index contributed by atoms with van der Waals surface area (Å²) in [6.45, 7) is 2.50. The molecule has 0 aliphatic rings. The quantitative estimate of drug-likeness (QED) is 0.637. The van der Waals surface area contributed by atoms with Gasteiger partial charge >= 0.3 is 5.97 Å². The predicted molar refractivity (Wildman–Crippen MR) is 76.2 cm³/mol. The number of carbonyl (C=O) groups excluding carboxylic acids is 1. The fourth-order valence-electron chi connectivity index (χ4n) is 1.75. The third-order valence-corrected chi connectivity index (χ3v) is 2.67. The Hall–Kier alpha value is -2.63. The van der Waals surface area contributed by atoms with Crippen molar-refractivity contribution in [3.63, 3.8) is 0 Å². The van der Waals surface area contributed by atoms with Crippen LogP contribution in [-0.4, -0.2) is 22.8 Å². The summed E-state index contributed by atoms with van der Waals surface area (Å²) < 4.78 is 5.01. The van der Waals surface area contributed by atoms with Gasteiger partial charge in [-0.05, 0) is 31.2 Å². The van der Waals surface area contributed by atoms with Crippen molar-refractivity contribution >= 4 is 17.3 Å². The van der Waals surface area contributed by atoms with Gasteiger partial charge in [0.1, 0.15) is 0 Å². The number of ether oxygens (including phenoxy) is 1. The van der Waals surface area contributed by atoms with E-state index < -0.39 is 5.97 Å². The van der Waals surface area contributed by atoms with Gasteiger partial charge in [0.15, 0.2) is 0 Å². The van der Waals surface area contributed by atoms with Crippen LogP contribution in [0.15, 0.2) is 36.5 Å². The van der Waals surface area contributed by atoms with Gasteiger partial charge in [-0.3, -0.25) is 0 Å². The van der Waals surface area contributed by atoms with Crippen molar-refractivity contribution < 1.29 is 9.53 Å². The molecule has 1 aromatic carbocycles. The van der Waals surface area contributed by atoms with Crippen LogP contribution in [0.3, 0.4) is 0 Å². The molecule has 0 aliphatic heterocycles. The molecule has 6 heteroatoms. The number of hydrogen-bond acceptors (Lipinski definition) is 6. The predicted octanol–water partition coefficient (Wildman–Crippen LogP) is 1.85. The number of nitrogen functional groups attached to an aromatic ring is 1. The maximum Gasteiger partial charge on any atom is 0.340 e. The molecule has 20 heavy (non-hydrogen) atoms. The Kier molecular flexibility index (Phi) is 4.49. The molecule has 1 aromatic heterocycles. The van der Waals surface area contributed by atoms with Gasteiger partial charge in [0, 0.05) is 6.20 Å². The first-order chi connectivity index (χ1) is 9.72. The highest BCUT2D eigenvalue weighted by Gasteiger charge is 2.14. The van der Waals surface area contributed by atoms with Crippen molar-refractivity contribution in [1.29, 1.82) is 0 Å². The molecule has 0 amide bonds. The lowest BCUT2D eigenvalue weighted by molar-refractivity contribution is 0.0527. The topological polar surface area (TPSA) is 90.1 Å². The van der Waals surface area contributed by atoms with Gasteiger partial charge in [-0.25, -0.2) is 4.79 Å². The first-order valence-corrected chi connectivity index (χ1v) is 6.28. The highest BCUT2D eigenvalue weighted by molar-refractivity contribution is 5.98. The SMILES string of the molecule is CCOC(=O)c1cccc(N)c1NCc1cccnn1. The van der Waals surface area contributed by atoms with Crippen molar-refractivity contribution in [2.24, 2.45) is 0 Å². The normalized spacial score (nSPS) is 10.1. The van der Waals surface area contributed by atoms with E-state index in [0.717, 1.165) is 5.69 Å². The van der Waals surface area contributed by atoms with E-state index in [1.807, 2.05) is 6.07 Å². The van der Waals surface area contributed by atoms with Gasteiger partial charge in [-0.1, -0.05) is 6.07 Å². The lowest BCUT2D eigenvalue weighted by atomic mass is 10.1. The number of nitrogens with one attached hydrogen (secondary N) is 1. The fourth-order valence-corrected chi connectivity index (χ4v) is 1.75. The molecule has 104 valence electrons. The van der Waals surface area contributed by atoms with Gasteiger partial charge in [0.25, 0.3) is 0 Å². The lowest BCUT2D eigenvalue weighted by Gasteiger charge is -2.13. The minimum Gasteiger partial charge on any atom is -0.462 e. The van der Waals surface area contributed by atoms with Crippen LogP contribution >= 0.6 is 0 Å². The van der Waals surface area contributed by atoms with Gasteiger partial charge < -0.3 is 15.8 Å². The second-order valence-electron chi connectivity index (χ2n) is 4.06. The monoisotopic (exact) mass is 272 g/mol. The summed E-state index contributed by atoms with van der Waals surface area (Å²) in [4.78, 5) is 11.9. The molecule has 0 spiro atoms. The van der Waals surface area contributed by atoms with E-state index in [1.165, 1.54) is 0 Å². The molecule has 0 bridgehead atoms. The lowest BCUT2D eigenvalue weighted by Crippen LogP contribution is -2.12. The Morgan fingerprint density at radius 2 is 2.20 bits per heavy atom. The summed E-state index contributed by atoms with van der Waals surface area (Å²) in [5, 5.41) is 10.9. The number of nitrogens with zero attached hydrogens (tertiary/aromatic N) is 2. The van der Waals surface area contributed by atoms with Crippen molar-refractivity contribution in [3.8, 4) is 0 Å². The largest absolute Gasteiger partial charge is 0.462 e. The molecule has 0 saturated heterocycles. The van der Waals surface area contributed by atoms with E-state index in [2.05, 4.69) is 15.5 Å². The van der Waals surface area contributed by atoms with Crippen LogP contribution in [-0.2, 0) is 11.3 Å². The first kappa shape index (κ1) is 13.8. The maximum atomic E-state index is 11.9. The van der Waals surface area contributed by atoms with Crippen molar-refractivity contribution in [2.75, 3.05) is 17.7 Å². The first-order valence-electron chi connectivity index (χ1n) is 6.28. The summed E-state index contributed by atoms with van der Waals surface area (Å²) >= 11 is 0. The second-order valence-corrected chi connectivity index (χ2v) is 4.06. The van der Waals surface area contributed by atoms with E-state index >= 15 is 0 Å². The number of benzene rings is 1. The number of hydrogen-bond donors (Lipinski definition) is 2. The number of aromatic nitrogens is 2. The van der Waals surface area contributed by atoms with E-state index in [-0.39, 0.29) is 0 Å². The van der Waals surface area contributed by atoms with Crippen LogP contribution in [0.1, 0.15) is 23.0 Å². The van der Waals surface area contributed by atoms with Crippen LogP contribution in [0.25, 0.3) is 0 Å². The van der Waals surface area contributed by atoms with Crippen molar-refractivity contribution in [3.05, 3.63) is 47.8 Å². The smallest absolute Gasteiger partial charge is 0.340 e. The summed E-state index contributed by atoms with van der Waals surface area (Å²) in [5.41, 5.74) is 8.12. The fraction of sp³-hybridized carbons (Fsp3) is 0.214. The van der Waals surface area contributed by atoms with Crippen molar-refractivity contribution in [1.82, 2.24) is 10.2 Å². The summed E-state index contributed by atoms with van der Waals surface area (Å²) in [7, 11) is 0. The molecule has 0 unspecified atom stereocenters. The van der Waals surface area contributed by atoms with Gasteiger partial charge in [0.2, 0.25) is 0 Å². The number of carbonyl (C=O) groups is 1. The number of anilines is 2. The second kappa shape index (κ2) is 6.51. The number of para-hydroxylation sites is 1. The summed E-state index contributed by atoms with van der Waals surface area (Å²) in [6, 6.07) is 8.75. The van der Waals surface area contributed by atoms with Crippen LogP contribution < -0.4 is 11.1 Å². The zero-order chi connectivity index (χ0) is 14.4. The average molecular weight is 272 g/mol. The number of nitrogens with two attached hydrogens (primary N) is 1. The zero-order valence-electron chi connectivity index (χ0n) is 11.2. The van der Waals surface area contributed by atoms with Gasteiger partial charge in [-0.15, -0.1) is 0 Å². The summed E-state index contributed by atoms with van der Waals surface area (Å²) in [5.74, 6) is -0.401. The van der Waals surface area contributed by atoms with Crippen LogP contribution in [0.5, 0.6) is 0 Å². The van der Waals surface area contributed by atoms with E-state index in [4.69, 9.17) is 10.5 Å². The molecule has 0 saturated carbocycles. The average Bonchev–Trinajstić information content (AvgIpc) is 2.47. The third-order valence-electron chi connectivity index (χ3n) is 2.67. The molecule has 1 heterocycles. The Bertz CT molecular complexity index is 587. The molecule has 0 atom stereocenters. The van der Waals surface area contributed by atoms with Gasteiger partial charge in [-0.2, -0.15) is 10.2 Å². The Morgan fingerprint density at radius 1 is 1.35 bits per heavy atom. The highest BCUT2D eigenvalue weighted by atomic mass is 16.5. The molecule has 2 aromatic rings. The van der Waals surface area contributed by atoms with Crippen LogP contribution in [0.2, 0.25) is 0 Å². The molecule has 3 N–H and O–H groups in total. The molecule has 0 aliphatic carbocycles. The molecule has 0 radical (unpaired) electrons. The molecule has 2 rings (SSSR count). The van der Waals surface area contributed by atoms with Gasteiger partial charge in [0.05, 0.1) is 35.8 Å². The van der Waals surface area contributed by atoms with E-state index in [9.17, 15) is 4.79 Å². The molecule has 6 nitrogen and oxygen atoms in total. The van der Waals surface area contributed by atoms with Crippen LogP contribution in [0, 0.1) is 0 Å². The Morgan fingerprint density at radius 3 is 2.90 bits per heavy atom. The zero-order valence-corrected chi connectivity index (χ0v) is 11.2.